The first-order valence-electron chi connectivity index (χ1n) is 3.05. The molecule has 0 atom stereocenters. The lowest BCUT2D eigenvalue weighted by Crippen LogP contribution is -2.30. The highest BCUT2D eigenvalue weighted by atomic mass is 79.9. The summed E-state index contributed by atoms with van der Waals surface area (Å²) in [5, 5.41) is 0. The Morgan fingerprint density at radius 3 is 2.42 bits per heavy atom. The molecular formula is C6H7BrN2O2S. The van der Waals surface area contributed by atoms with Crippen molar-refractivity contribution in [3.63, 3.8) is 0 Å². The fraction of sp³-hybridized carbons (Fsp3) is 0. The number of hydrogen-bond acceptors (Lipinski definition) is 3. The second-order valence-electron chi connectivity index (χ2n) is 2.05. The minimum Gasteiger partial charge on any atom is -0.257 e. The zero-order valence-electron chi connectivity index (χ0n) is 5.99. The second kappa shape index (κ2) is 3.53. The molecule has 0 fully saturated rings. The molecule has 0 radical (unpaired) electrons. The number of hydrogen-bond donors (Lipinski definition) is 2. The van der Waals surface area contributed by atoms with Gasteiger partial charge in [-0.15, -0.1) is 0 Å². The van der Waals surface area contributed by atoms with Crippen molar-refractivity contribution in [1.82, 2.24) is 4.83 Å². The molecule has 0 saturated carbocycles. The zero-order chi connectivity index (χ0) is 9.19. The van der Waals surface area contributed by atoms with Crippen molar-refractivity contribution in [1.29, 1.82) is 0 Å². The van der Waals surface area contributed by atoms with Crippen molar-refractivity contribution in [2.45, 2.75) is 4.90 Å². The molecule has 0 aliphatic carbocycles. The summed E-state index contributed by atoms with van der Waals surface area (Å²) in [4.78, 5) is 1.87. The summed E-state index contributed by atoms with van der Waals surface area (Å²) >= 11 is 3.10. The average Bonchev–Trinajstić information content (AvgIpc) is 2.05. The van der Waals surface area contributed by atoms with Gasteiger partial charge in [0.15, 0.2) is 0 Å². The Bertz CT molecular complexity index is 377. The van der Waals surface area contributed by atoms with Crippen LogP contribution >= 0.6 is 15.9 Å². The van der Waals surface area contributed by atoms with Crippen LogP contribution in [0.25, 0.3) is 0 Å². The summed E-state index contributed by atoms with van der Waals surface area (Å²) in [6.07, 6.45) is 0. The van der Waals surface area contributed by atoms with Crippen LogP contribution in [-0.2, 0) is 10.0 Å². The standard InChI is InChI=1S/C6H7BrN2O2S/c7-5-3-1-2-4-6(5)12(10,11)9-8/h1-4,9H,8H2. The highest BCUT2D eigenvalue weighted by Gasteiger charge is 2.13. The van der Waals surface area contributed by atoms with Crippen molar-refractivity contribution < 1.29 is 8.42 Å². The van der Waals surface area contributed by atoms with Gasteiger partial charge in [-0.25, -0.2) is 8.42 Å². The number of hydrazine groups is 1. The largest absolute Gasteiger partial charge is 0.257 e. The van der Waals surface area contributed by atoms with E-state index in [2.05, 4.69) is 15.9 Å². The van der Waals surface area contributed by atoms with Gasteiger partial charge in [0, 0.05) is 4.47 Å². The molecule has 0 amide bonds. The summed E-state index contributed by atoms with van der Waals surface area (Å²) < 4.78 is 22.8. The number of nitrogens with one attached hydrogen (secondary N) is 1. The van der Waals surface area contributed by atoms with Gasteiger partial charge >= 0.3 is 0 Å². The number of halogens is 1. The van der Waals surface area contributed by atoms with Gasteiger partial charge in [0.1, 0.15) is 0 Å². The maximum absolute atomic E-state index is 11.2. The molecule has 66 valence electrons. The highest BCUT2D eigenvalue weighted by molar-refractivity contribution is 9.10. The Morgan fingerprint density at radius 1 is 1.33 bits per heavy atom. The summed E-state index contributed by atoms with van der Waals surface area (Å²) in [6, 6.07) is 6.43. The minimum absolute atomic E-state index is 0.132. The van der Waals surface area contributed by atoms with E-state index in [1.165, 1.54) is 6.07 Å². The predicted molar refractivity (Wildman–Crippen MR) is 48.7 cm³/mol. The Balaban J connectivity index is 3.30. The van der Waals surface area contributed by atoms with Gasteiger partial charge in [-0.3, -0.25) is 5.84 Å². The van der Waals surface area contributed by atoms with Crippen LogP contribution in [0.2, 0.25) is 0 Å². The number of rotatable bonds is 2. The van der Waals surface area contributed by atoms with Crippen molar-refractivity contribution in [3.05, 3.63) is 28.7 Å². The van der Waals surface area contributed by atoms with E-state index in [9.17, 15) is 8.42 Å². The summed E-state index contributed by atoms with van der Waals surface area (Å²) in [5.74, 6) is 4.85. The Morgan fingerprint density at radius 2 is 1.92 bits per heavy atom. The van der Waals surface area contributed by atoms with Gasteiger partial charge in [-0.2, -0.15) is 4.83 Å². The number of nitrogens with two attached hydrogens (primary N) is 1. The van der Waals surface area contributed by atoms with E-state index >= 15 is 0 Å². The topological polar surface area (TPSA) is 72.2 Å². The Labute approximate surface area is 78.9 Å². The van der Waals surface area contributed by atoms with E-state index in [0.717, 1.165) is 0 Å². The van der Waals surface area contributed by atoms with Crippen LogP contribution in [-0.4, -0.2) is 8.42 Å². The molecule has 0 spiro atoms. The van der Waals surface area contributed by atoms with Crippen LogP contribution in [0.3, 0.4) is 0 Å². The molecule has 1 aromatic carbocycles. The van der Waals surface area contributed by atoms with E-state index in [1.807, 2.05) is 0 Å². The molecule has 0 heterocycles. The van der Waals surface area contributed by atoms with Crippen molar-refractivity contribution in [3.8, 4) is 0 Å². The van der Waals surface area contributed by atoms with E-state index < -0.39 is 10.0 Å². The van der Waals surface area contributed by atoms with Crippen LogP contribution in [0.15, 0.2) is 33.6 Å². The first kappa shape index (κ1) is 9.66. The lowest BCUT2D eigenvalue weighted by Gasteiger charge is -2.02. The molecule has 0 saturated heterocycles. The second-order valence-corrected chi connectivity index (χ2v) is 4.59. The van der Waals surface area contributed by atoms with E-state index in [0.29, 0.717) is 4.47 Å². The molecular weight excluding hydrogens is 244 g/mol. The van der Waals surface area contributed by atoms with Crippen LogP contribution in [0.5, 0.6) is 0 Å². The van der Waals surface area contributed by atoms with Crippen LogP contribution in [0.4, 0.5) is 0 Å². The van der Waals surface area contributed by atoms with Gasteiger partial charge in [0.25, 0.3) is 10.0 Å². The van der Waals surface area contributed by atoms with Crippen molar-refractivity contribution in [2.24, 2.45) is 5.84 Å². The molecule has 0 bridgehead atoms. The maximum atomic E-state index is 11.2. The molecule has 1 aromatic rings. The molecule has 1 rings (SSSR count). The summed E-state index contributed by atoms with van der Waals surface area (Å²) in [6.45, 7) is 0. The molecule has 0 aromatic heterocycles. The Hall–Kier alpha value is -0.430. The Kier molecular flexibility index (Phi) is 2.84. The lowest BCUT2D eigenvalue weighted by atomic mass is 10.4. The molecule has 0 unspecified atom stereocenters. The minimum atomic E-state index is -3.55. The van der Waals surface area contributed by atoms with Crippen molar-refractivity contribution >= 4 is 26.0 Å². The predicted octanol–water partition coefficient (Wildman–Crippen LogP) is 0.601. The normalized spacial score (nSPS) is 11.5. The molecule has 0 aliphatic heterocycles. The quantitative estimate of drug-likeness (QED) is 0.597. The molecule has 4 nitrogen and oxygen atoms in total. The number of benzene rings is 1. The maximum Gasteiger partial charge on any atom is 0.254 e. The van der Waals surface area contributed by atoms with Crippen LogP contribution in [0.1, 0.15) is 0 Å². The summed E-state index contributed by atoms with van der Waals surface area (Å²) in [7, 11) is -3.55. The molecule has 6 heteroatoms. The van der Waals surface area contributed by atoms with Crippen LogP contribution in [0, 0.1) is 0 Å². The fourth-order valence-corrected chi connectivity index (χ4v) is 2.36. The third-order valence-electron chi connectivity index (χ3n) is 1.28. The number of sulfonamides is 1. The average molecular weight is 251 g/mol. The van der Waals surface area contributed by atoms with Gasteiger partial charge < -0.3 is 0 Å². The third kappa shape index (κ3) is 1.84. The van der Waals surface area contributed by atoms with Gasteiger partial charge in [-0.1, -0.05) is 12.1 Å². The summed E-state index contributed by atoms with van der Waals surface area (Å²) in [5.41, 5.74) is 0. The molecule has 3 N–H and O–H groups in total. The van der Waals surface area contributed by atoms with Gasteiger partial charge in [0.2, 0.25) is 0 Å². The monoisotopic (exact) mass is 250 g/mol. The smallest absolute Gasteiger partial charge is 0.254 e. The molecule has 12 heavy (non-hydrogen) atoms. The zero-order valence-corrected chi connectivity index (χ0v) is 8.39. The third-order valence-corrected chi connectivity index (χ3v) is 3.48. The van der Waals surface area contributed by atoms with Crippen LogP contribution < -0.4 is 10.7 Å². The van der Waals surface area contributed by atoms with Gasteiger partial charge in [-0.05, 0) is 28.1 Å². The molecule has 0 aliphatic rings. The first-order chi connectivity index (χ1) is 5.58. The highest BCUT2D eigenvalue weighted by Crippen LogP contribution is 2.19. The van der Waals surface area contributed by atoms with E-state index in [1.54, 1.807) is 23.0 Å². The van der Waals surface area contributed by atoms with Gasteiger partial charge in [0.05, 0.1) is 4.90 Å². The lowest BCUT2D eigenvalue weighted by molar-refractivity contribution is 0.583. The van der Waals surface area contributed by atoms with E-state index in [-0.39, 0.29) is 4.90 Å². The first-order valence-corrected chi connectivity index (χ1v) is 5.32. The van der Waals surface area contributed by atoms with E-state index in [4.69, 9.17) is 5.84 Å². The fourth-order valence-electron chi connectivity index (χ4n) is 0.726. The van der Waals surface area contributed by atoms with Crippen molar-refractivity contribution in [2.75, 3.05) is 0 Å². The SMILES string of the molecule is NNS(=O)(=O)c1ccccc1Br.